The van der Waals surface area contributed by atoms with E-state index in [4.69, 9.17) is 12.2 Å². The smallest absolute Gasteiger partial charge is 0.337 e. The second kappa shape index (κ2) is 9.98. The molecule has 0 fully saturated rings. The lowest BCUT2D eigenvalue weighted by atomic mass is 10.1. The first-order chi connectivity index (χ1) is 13.5. The van der Waals surface area contributed by atoms with Gasteiger partial charge in [0, 0.05) is 12.1 Å². The van der Waals surface area contributed by atoms with Gasteiger partial charge in [-0.05, 0) is 48.6 Å². The van der Waals surface area contributed by atoms with Crippen LogP contribution in [0.5, 0.6) is 0 Å². The van der Waals surface area contributed by atoms with Crippen molar-refractivity contribution in [3.8, 4) is 0 Å². The molecule has 0 saturated carbocycles. The molecule has 28 heavy (non-hydrogen) atoms. The van der Waals surface area contributed by atoms with Crippen LogP contribution in [0.3, 0.4) is 0 Å². The van der Waals surface area contributed by atoms with E-state index in [9.17, 15) is 14.4 Å². The molecule has 0 radical (unpaired) electrons. The second-order valence-electron chi connectivity index (χ2n) is 5.52. The molecule has 0 unspecified atom stereocenters. The highest BCUT2D eigenvalue weighted by Gasteiger charge is 2.13. The van der Waals surface area contributed by atoms with Crippen molar-refractivity contribution in [2.45, 2.75) is 0 Å². The standard InChI is InChI=1S/C20H19N3O4S/c1-3-12-21-18(25)15-6-4-5-7-16(15)22-20(28)23-17(24)13-8-10-14(11-9-13)19(26)27-2/h3-11H,1,12H2,2H3,(H,21,25)(H2,22,23,24,28). The maximum absolute atomic E-state index is 12.3. The maximum Gasteiger partial charge on any atom is 0.337 e. The Labute approximate surface area is 167 Å². The van der Waals surface area contributed by atoms with E-state index in [2.05, 4.69) is 27.3 Å². The largest absolute Gasteiger partial charge is 0.465 e. The van der Waals surface area contributed by atoms with Crippen LogP contribution in [-0.2, 0) is 4.74 Å². The first kappa shape index (κ1) is 20.8. The molecular formula is C20H19N3O4S. The first-order valence-electron chi connectivity index (χ1n) is 8.25. The molecule has 0 aliphatic carbocycles. The van der Waals surface area contributed by atoms with Gasteiger partial charge in [0.05, 0.1) is 23.9 Å². The van der Waals surface area contributed by atoms with Crippen molar-refractivity contribution in [2.24, 2.45) is 0 Å². The number of hydrogen-bond acceptors (Lipinski definition) is 5. The third kappa shape index (κ3) is 5.49. The summed E-state index contributed by atoms with van der Waals surface area (Å²) >= 11 is 5.17. The number of rotatable bonds is 6. The van der Waals surface area contributed by atoms with Crippen LogP contribution in [0, 0.1) is 0 Å². The summed E-state index contributed by atoms with van der Waals surface area (Å²) in [5.74, 6) is -1.24. The van der Waals surface area contributed by atoms with Gasteiger partial charge in [0.1, 0.15) is 0 Å². The van der Waals surface area contributed by atoms with Crippen LogP contribution in [0.1, 0.15) is 31.1 Å². The van der Waals surface area contributed by atoms with Crippen LogP contribution in [0.4, 0.5) is 5.69 Å². The van der Waals surface area contributed by atoms with Gasteiger partial charge in [0.25, 0.3) is 11.8 Å². The van der Waals surface area contributed by atoms with Gasteiger partial charge < -0.3 is 15.4 Å². The molecular weight excluding hydrogens is 378 g/mol. The molecule has 2 aromatic rings. The third-order valence-corrected chi connectivity index (χ3v) is 3.83. The van der Waals surface area contributed by atoms with Crippen LogP contribution in [0.25, 0.3) is 0 Å². The van der Waals surface area contributed by atoms with Gasteiger partial charge in [-0.25, -0.2) is 4.79 Å². The van der Waals surface area contributed by atoms with Crippen LogP contribution in [-0.4, -0.2) is 36.6 Å². The number of amides is 2. The van der Waals surface area contributed by atoms with E-state index in [1.165, 1.54) is 31.4 Å². The van der Waals surface area contributed by atoms with Crippen LogP contribution in [0.15, 0.2) is 61.2 Å². The highest BCUT2D eigenvalue weighted by Crippen LogP contribution is 2.15. The van der Waals surface area contributed by atoms with Gasteiger partial charge >= 0.3 is 5.97 Å². The lowest BCUT2D eigenvalue weighted by molar-refractivity contribution is 0.0600. The zero-order chi connectivity index (χ0) is 20.5. The molecule has 0 spiro atoms. The molecule has 2 amide bonds. The Balaban J connectivity index is 2.04. The zero-order valence-corrected chi connectivity index (χ0v) is 16.0. The molecule has 0 bridgehead atoms. The first-order valence-corrected chi connectivity index (χ1v) is 8.66. The van der Waals surface area contributed by atoms with Gasteiger partial charge in [-0.15, -0.1) is 6.58 Å². The zero-order valence-electron chi connectivity index (χ0n) is 15.2. The van der Waals surface area contributed by atoms with Gasteiger partial charge in [0.15, 0.2) is 5.11 Å². The number of para-hydroxylation sites is 1. The van der Waals surface area contributed by atoms with Crippen LogP contribution < -0.4 is 16.0 Å². The van der Waals surface area contributed by atoms with Crippen LogP contribution >= 0.6 is 12.2 Å². The molecule has 0 aromatic heterocycles. The van der Waals surface area contributed by atoms with Gasteiger partial charge in [0.2, 0.25) is 0 Å². The lowest BCUT2D eigenvalue weighted by Crippen LogP contribution is -2.35. The van der Waals surface area contributed by atoms with Crippen molar-refractivity contribution in [2.75, 3.05) is 19.0 Å². The van der Waals surface area contributed by atoms with Gasteiger partial charge in [-0.1, -0.05) is 18.2 Å². The van der Waals surface area contributed by atoms with Crippen molar-refractivity contribution in [1.29, 1.82) is 0 Å². The normalized spacial score (nSPS) is 9.75. The lowest BCUT2D eigenvalue weighted by Gasteiger charge is -2.13. The molecule has 3 N–H and O–H groups in total. The number of nitrogens with one attached hydrogen (secondary N) is 3. The molecule has 144 valence electrons. The molecule has 0 aliphatic heterocycles. The Kier molecular flexibility index (Phi) is 7.41. The summed E-state index contributed by atoms with van der Waals surface area (Å²) in [6.07, 6.45) is 1.57. The number of methoxy groups -OCH3 is 1. The molecule has 0 saturated heterocycles. The van der Waals surface area contributed by atoms with E-state index < -0.39 is 11.9 Å². The van der Waals surface area contributed by atoms with Crippen LogP contribution in [0.2, 0.25) is 0 Å². The Bertz CT molecular complexity index is 910. The minimum absolute atomic E-state index is 0.0333. The quantitative estimate of drug-likeness (QED) is 0.394. The average molecular weight is 397 g/mol. The number of thiocarbonyl (C=S) groups is 1. The van der Waals surface area contributed by atoms with E-state index >= 15 is 0 Å². The minimum Gasteiger partial charge on any atom is -0.465 e. The number of anilines is 1. The summed E-state index contributed by atoms with van der Waals surface area (Å²) in [6, 6.07) is 12.7. The van der Waals surface area contributed by atoms with E-state index in [1.807, 2.05) is 0 Å². The molecule has 2 aromatic carbocycles. The summed E-state index contributed by atoms with van der Waals surface area (Å²) in [4.78, 5) is 35.9. The number of carbonyl (C=O) groups is 3. The summed E-state index contributed by atoms with van der Waals surface area (Å²) in [7, 11) is 1.28. The fraction of sp³-hybridized carbons (Fsp3) is 0.100. The fourth-order valence-corrected chi connectivity index (χ4v) is 2.46. The fourth-order valence-electron chi connectivity index (χ4n) is 2.25. The number of carbonyl (C=O) groups excluding carboxylic acids is 3. The Morgan fingerprint density at radius 3 is 2.32 bits per heavy atom. The van der Waals surface area contributed by atoms with Gasteiger partial charge in [-0.3, -0.25) is 14.9 Å². The van der Waals surface area contributed by atoms with Crippen molar-refractivity contribution in [1.82, 2.24) is 10.6 Å². The highest BCUT2D eigenvalue weighted by atomic mass is 32.1. The highest BCUT2D eigenvalue weighted by molar-refractivity contribution is 7.80. The molecule has 0 heterocycles. The predicted molar refractivity (Wildman–Crippen MR) is 110 cm³/mol. The van der Waals surface area contributed by atoms with E-state index in [0.717, 1.165) is 0 Å². The molecule has 0 atom stereocenters. The number of ether oxygens (including phenoxy) is 1. The molecule has 8 heteroatoms. The monoisotopic (exact) mass is 397 g/mol. The molecule has 7 nitrogen and oxygen atoms in total. The maximum atomic E-state index is 12.3. The SMILES string of the molecule is C=CCNC(=O)c1ccccc1NC(=S)NC(=O)c1ccc(C(=O)OC)cc1. The van der Waals surface area contributed by atoms with Crippen molar-refractivity contribution in [3.63, 3.8) is 0 Å². The third-order valence-electron chi connectivity index (χ3n) is 3.62. The van der Waals surface area contributed by atoms with Gasteiger partial charge in [-0.2, -0.15) is 0 Å². The molecule has 0 aliphatic rings. The van der Waals surface area contributed by atoms with Crippen molar-refractivity contribution in [3.05, 3.63) is 77.9 Å². The summed E-state index contributed by atoms with van der Waals surface area (Å²) in [6.45, 7) is 3.88. The Morgan fingerprint density at radius 1 is 1.04 bits per heavy atom. The predicted octanol–water partition coefficient (Wildman–Crippen LogP) is 2.52. The summed E-state index contributed by atoms with van der Waals surface area (Å²) < 4.78 is 4.61. The van der Waals surface area contributed by atoms with Crippen molar-refractivity contribution >= 4 is 40.8 Å². The Morgan fingerprint density at radius 2 is 1.68 bits per heavy atom. The minimum atomic E-state index is -0.490. The topological polar surface area (TPSA) is 96.5 Å². The number of esters is 1. The number of benzene rings is 2. The van der Waals surface area contributed by atoms with E-state index in [-0.39, 0.29) is 11.0 Å². The number of hydrogen-bond donors (Lipinski definition) is 3. The summed E-state index contributed by atoms with van der Waals surface area (Å²) in [5.41, 5.74) is 1.48. The summed E-state index contributed by atoms with van der Waals surface area (Å²) in [5, 5.41) is 8.10. The molecule has 2 rings (SSSR count). The van der Waals surface area contributed by atoms with Crippen molar-refractivity contribution < 1.29 is 19.1 Å². The van der Waals surface area contributed by atoms with E-state index in [0.29, 0.717) is 28.9 Å². The Hall–Kier alpha value is -3.52. The average Bonchev–Trinajstić information content (AvgIpc) is 2.71. The van der Waals surface area contributed by atoms with E-state index in [1.54, 1.807) is 30.3 Å². The second-order valence-corrected chi connectivity index (χ2v) is 5.93.